The molecule has 2 N–H and O–H groups in total. The average Bonchev–Trinajstić information content (AvgIpc) is 3.04. The van der Waals surface area contributed by atoms with Gasteiger partial charge in [-0.2, -0.15) is 0 Å². The van der Waals surface area contributed by atoms with E-state index in [1.54, 1.807) is 32.7 Å². The Bertz CT molecular complexity index is 878. The highest BCUT2D eigenvalue weighted by Crippen LogP contribution is 2.34. The third-order valence-electron chi connectivity index (χ3n) is 3.97. The minimum atomic E-state index is -0.504. The van der Waals surface area contributed by atoms with E-state index in [0.717, 1.165) is 22.0 Å². The molecule has 0 unspecified atom stereocenters. The molecule has 0 saturated heterocycles. The third kappa shape index (κ3) is 5.98. The first-order valence-electron chi connectivity index (χ1n) is 9.00. The number of carbonyl (C=O) groups is 3. The van der Waals surface area contributed by atoms with Crippen molar-refractivity contribution >= 4 is 45.9 Å². The van der Waals surface area contributed by atoms with Crippen molar-refractivity contribution in [3.05, 3.63) is 40.3 Å². The highest BCUT2D eigenvalue weighted by atomic mass is 32.2. The van der Waals surface area contributed by atoms with Crippen LogP contribution in [0, 0.1) is 6.92 Å². The first-order chi connectivity index (χ1) is 13.9. The number of carbonyl (C=O) groups excluding carboxylic acids is 3. The number of amides is 2. The van der Waals surface area contributed by atoms with E-state index in [1.165, 1.54) is 7.05 Å². The lowest BCUT2D eigenvalue weighted by Crippen LogP contribution is -2.21. The maximum Gasteiger partial charge on any atom is 0.348 e. The molecule has 0 saturated carbocycles. The molecular weight excluding hydrogens is 412 g/mol. The molecule has 1 aromatic heterocycles. The second-order valence-electron chi connectivity index (χ2n) is 5.88. The Hall–Kier alpha value is -2.52. The first kappa shape index (κ1) is 22.8. The topological polar surface area (TPSA) is 93.7 Å². The minimum Gasteiger partial charge on any atom is -0.497 e. The summed E-state index contributed by atoms with van der Waals surface area (Å²) in [7, 11) is 3.11. The van der Waals surface area contributed by atoms with Gasteiger partial charge in [0.2, 0.25) is 5.91 Å². The van der Waals surface area contributed by atoms with Gasteiger partial charge in [-0.25, -0.2) is 4.79 Å². The number of nitrogens with one attached hydrogen (secondary N) is 2. The van der Waals surface area contributed by atoms with Gasteiger partial charge >= 0.3 is 5.97 Å². The lowest BCUT2D eigenvalue weighted by atomic mass is 10.1. The van der Waals surface area contributed by atoms with Gasteiger partial charge in [0, 0.05) is 24.1 Å². The number of thioether (sulfide) groups is 1. The maximum atomic E-state index is 12.4. The van der Waals surface area contributed by atoms with Crippen LogP contribution in [0.15, 0.2) is 29.2 Å². The van der Waals surface area contributed by atoms with Crippen molar-refractivity contribution < 1.29 is 23.9 Å². The number of rotatable bonds is 9. The molecule has 7 nitrogen and oxygen atoms in total. The zero-order valence-corrected chi connectivity index (χ0v) is 18.4. The summed E-state index contributed by atoms with van der Waals surface area (Å²) in [6, 6.07) is 7.59. The van der Waals surface area contributed by atoms with Crippen molar-refractivity contribution in [1.82, 2.24) is 5.32 Å². The quantitative estimate of drug-likeness (QED) is 0.460. The number of hydrogen-bond donors (Lipinski definition) is 2. The van der Waals surface area contributed by atoms with E-state index >= 15 is 0 Å². The molecule has 1 aromatic carbocycles. The second-order valence-corrected chi connectivity index (χ2v) is 8.07. The molecule has 0 radical (unpaired) electrons. The lowest BCUT2D eigenvalue weighted by Gasteiger charge is -2.07. The monoisotopic (exact) mass is 436 g/mol. The van der Waals surface area contributed by atoms with E-state index in [2.05, 4.69) is 10.6 Å². The number of benzene rings is 1. The number of anilines is 1. The van der Waals surface area contributed by atoms with Crippen molar-refractivity contribution in [2.75, 3.05) is 31.8 Å². The molecule has 2 amide bonds. The van der Waals surface area contributed by atoms with Crippen LogP contribution in [0.25, 0.3) is 0 Å². The van der Waals surface area contributed by atoms with Gasteiger partial charge in [0.1, 0.15) is 15.6 Å². The maximum absolute atomic E-state index is 12.4. The van der Waals surface area contributed by atoms with Gasteiger partial charge in [-0.3, -0.25) is 9.59 Å². The van der Waals surface area contributed by atoms with Crippen LogP contribution in [0.1, 0.15) is 38.9 Å². The van der Waals surface area contributed by atoms with Crippen LogP contribution in [0.5, 0.6) is 5.75 Å². The molecule has 1 heterocycles. The van der Waals surface area contributed by atoms with Gasteiger partial charge < -0.3 is 20.1 Å². The predicted molar refractivity (Wildman–Crippen MR) is 115 cm³/mol. The molecule has 0 bridgehead atoms. The standard InChI is InChI=1S/C20H24N2O5S2/c1-5-27-20(25)17-12(2)16(18(24)21-3)19(29-17)22-15(23)10-11-28-14-8-6-13(26-4)7-9-14/h6-9H,5,10-11H2,1-4H3,(H,21,24)(H,22,23). The SMILES string of the molecule is CCOC(=O)c1sc(NC(=O)CCSc2ccc(OC)cc2)c(C(=O)NC)c1C. The summed E-state index contributed by atoms with van der Waals surface area (Å²) in [5, 5.41) is 5.66. The Morgan fingerprint density at radius 2 is 1.86 bits per heavy atom. The number of methoxy groups -OCH3 is 1. The minimum absolute atomic E-state index is 0.229. The Morgan fingerprint density at radius 1 is 1.17 bits per heavy atom. The fourth-order valence-corrected chi connectivity index (χ4v) is 4.48. The number of hydrogen-bond acceptors (Lipinski definition) is 7. The van der Waals surface area contributed by atoms with Crippen LogP contribution in [0.2, 0.25) is 0 Å². The summed E-state index contributed by atoms with van der Waals surface area (Å²) in [4.78, 5) is 38.1. The normalized spacial score (nSPS) is 10.3. The highest BCUT2D eigenvalue weighted by Gasteiger charge is 2.25. The van der Waals surface area contributed by atoms with Gasteiger partial charge in [0.15, 0.2) is 0 Å². The van der Waals surface area contributed by atoms with Crippen LogP contribution in [-0.4, -0.2) is 44.3 Å². The Balaban J connectivity index is 2.04. The fraction of sp³-hybridized carbons (Fsp3) is 0.350. The van der Waals surface area contributed by atoms with Crippen molar-refractivity contribution in [2.24, 2.45) is 0 Å². The molecule has 156 valence electrons. The molecule has 0 aliphatic carbocycles. The summed E-state index contributed by atoms with van der Waals surface area (Å²) >= 11 is 2.60. The Morgan fingerprint density at radius 3 is 2.45 bits per heavy atom. The Labute approximate surface area is 178 Å². The first-order valence-corrected chi connectivity index (χ1v) is 10.8. The molecule has 29 heavy (non-hydrogen) atoms. The van der Waals surface area contributed by atoms with Crippen molar-refractivity contribution in [3.63, 3.8) is 0 Å². The smallest absolute Gasteiger partial charge is 0.348 e. The summed E-state index contributed by atoms with van der Waals surface area (Å²) in [6.07, 6.45) is 0.259. The van der Waals surface area contributed by atoms with E-state index in [0.29, 0.717) is 21.2 Å². The highest BCUT2D eigenvalue weighted by molar-refractivity contribution is 7.99. The molecular formula is C20H24N2O5S2. The van der Waals surface area contributed by atoms with Crippen LogP contribution >= 0.6 is 23.1 Å². The lowest BCUT2D eigenvalue weighted by molar-refractivity contribution is -0.115. The van der Waals surface area contributed by atoms with Crippen molar-refractivity contribution in [2.45, 2.75) is 25.2 Å². The summed E-state index contributed by atoms with van der Waals surface area (Å²) in [5.74, 6) is 0.253. The number of thiophene rings is 1. The van der Waals surface area contributed by atoms with E-state index < -0.39 is 5.97 Å². The van der Waals surface area contributed by atoms with Crippen molar-refractivity contribution in [3.8, 4) is 5.75 Å². The average molecular weight is 437 g/mol. The van der Waals surface area contributed by atoms with E-state index in [9.17, 15) is 14.4 Å². The number of ether oxygens (including phenoxy) is 2. The Kier molecular flexibility index (Phi) is 8.53. The molecule has 0 spiro atoms. The fourth-order valence-electron chi connectivity index (χ4n) is 2.51. The van der Waals surface area contributed by atoms with Crippen LogP contribution < -0.4 is 15.4 Å². The van der Waals surface area contributed by atoms with Gasteiger partial charge in [-0.15, -0.1) is 23.1 Å². The zero-order chi connectivity index (χ0) is 21.4. The second kappa shape index (κ2) is 10.9. The van der Waals surface area contributed by atoms with Crippen LogP contribution in [0.4, 0.5) is 5.00 Å². The van der Waals surface area contributed by atoms with Crippen LogP contribution in [-0.2, 0) is 9.53 Å². The molecule has 0 fully saturated rings. The predicted octanol–water partition coefficient (Wildman–Crippen LogP) is 3.72. The van der Waals surface area contributed by atoms with Crippen LogP contribution in [0.3, 0.4) is 0 Å². The third-order valence-corrected chi connectivity index (χ3v) is 6.17. The number of esters is 1. The largest absolute Gasteiger partial charge is 0.497 e. The van der Waals surface area contributed by atoms with Crippen molar-refractivity contribution in [1.29, 1.82) is 0 Å². The van der Waals surface area contributed by atoms with Gasteiger partial charge in [-0.05, 0) is 43.7 Å². The van der Waals surface area contributed by atoms with E-state index in [4.69, 9.17) is 9.47 Å². The molecule has 2 rings (SSSR count). The zero-order valence-electron chi connectivity index (χ0n) is 16.8. The van der Waals surface area contributed by atoms with E-state index in [-0.39, 0.29) is 30.4 Å². The molecule has 2 aromatic rings. The van der Waals surface area contributed by atoms with Gasteiger partial charge in [0.05, 0.1) is 19.3 Å². The van der Waals surface area contributed by atoms with Gasteiger partial charge in [-0.1, -0.05) is 0 Å². The van der Waals surface area contributed by atoms with Gasteiger partial charge in [0.25, 0.3) is 5.91 Å². The summed E-state index contributed by atoms with van der Waals surface area (Å²) in [6.45, 7) is 3.61. The molecule has 9 heteroatoms. The molecule has 0 aliphatic heterocycles. The molecule has 0 atom stereocenters. The van der Waals surface area contributed by atoms with E-state index in [1.807, 2.05) is 24.3 Å². The molecule has 0 aliphatic rings. The summed E-state index contributed by atoms with van der Waals surface area (Å²) < 4.78 is 10.2. The summed E-state index contributed by atoms with van der Waals surface area (Å²) in [5.41, 5.74) is 0.785.